The maximum atomic E-state index is 11.6. The lowest BCUT2D eigenvalue weighted by atomic mass is 9.94. The van der Waals surface area contributed by atoms with E-state index >= 15 is 0 Å². The smallest absolute Gasteiger partial charge is 0.311 e. The number of carboxylic acid groups (broad SMARTS) is 1. The van der Waals surface area contributed by atoms with Crippen LogP contribution in [0.25, 0.3) is 0 Å². The number of carboxylic acids is 1. The van der Waals surface area contributed by atoms with Crippen molar-refractivity contribution in [1.29, 1.82) is 0 Å². The SMILES string of the molecule is CCc1cc(CC(C(=O)O)c2cccc(Br)c2)n(CC)n1. The van der Waals surface area contributed by atoms with Crippen molar-refractivity contribution in [2.24, 2.45) is 0 Å². The number of rotatable bonds is 6. The zero-order chi connectivity index (χ0) is 15.4. The van der Waals surface area contributed by atoms with Crippen molar-refractivity contribution >= 4 is 21.9 Å². The van der Waals surface area contributed by atoms with Crippen molar-refractivity contribution in [3.8, 4) is 0 Å². The quantitative estimate of drug-likeness (QED) is 0.865. The van der Waals surface area contributed by atoms with Gasteiger partial charge in [0.25, 0.3) is 0 Å². The predicted molar refractivity (Wildman–Crippen MR) is 85.5 cm³/mol. The molecule has 0 fully saturated rings. The van der Waals surface area contributed by atoms with Gasteiger partial charge >= 0.3 is 5.97 Å². The fourth-order valence-corrected chi connectivity index (χ4v) is 2.82. The molecule has 0 aliphatic carbocycles. The molecular weight excluding hydrogens is 332 g/mol. The van der Waals surface area contributed by atoms with E-state index in [0.29, 0.717) is 6.42 Å². The second-order valence-corrected chi connectivity index (χ2v) is 5.86. The zero-order valence-corrected chi connectivity index (χ0v) is 13.8. The summed E-state index contributed by atoms with van der Waals surface area (Å²) in [5.74, 6) is -1.37. The Morgan fingerprint density at radius 1 is 1.38 bits per heavy atom. The first-order valence-corrected chi connectivity index (χ1v) is 7.88. The number of nitrogens with zero attached hydrogens (tertiary/aromatic N) is 2. The van der Waals surface area contributed by atoms with Gasteiger partial charge in [-0.1, -0.05) is 35.0 Å². The molecule has 1 aromatic carbocycles. The molecule has 21 heavy (non-hydrogen) atoms. The van der Waals surface area contributed by atoms with Crippen LogP contribution >= 0.6 is 15.9 Å². The Balaban J connectivity index is 2.32. The summed E-state index contributed by atoms with van der Waals surface area (Å²) >= 11 is 3.40. The summed E-state index contributed by atoms with van der Waals surface area (Å²) in [6.45, 7) is 4.82. The molecule has 0 amide bonds. The first-order valence-electron chi connectivity index (χ1n) is 7.09. The topological polar surface area (TPSA) is 55.1 Å². The Morgan fingerprint density at radius 2 is 2.14 bits per heavy atom. The van der Waals surface area contributed by atoms with E-state index in [1.165, 1.54) is 0 Å². The summed E-state index contributed by atoms with van der Waals surface area (Å²) in [4.78, 5) is 11.6. The molecule has 0 saturated carbocycles. The molecule has 0 saturated heterocycles. The highest BCUT2D eigenvalue weighted by atomic mass is 79.9. The van der Waals surface area contributed by atoms with Crippen LogP contribution in [0.2, 0.25) is 0 Å². The molecule has 0 spiro atoms. The normalized spacial score (nSPS) is 12.3. The number of aromatic nitrogens is 2. The third kappa shape index (κ3) is 3.73. The zero-order valence-electron chi connectivity index (χ0n) is 12.2. The molecule has 0 bridgehead atoms. The Morgan fingerprint density at radius 3 is 2.71 bits per heavy atom. The summed E-state index contributed by atoms with van der Waals surface area (Å²) in [5, 5.41) is 14.0. The molecule has 4 nitrogen and oxygen atoms in total. The molecule has 5 heteroatoms. The third-order valence-electron chi connectivity index (χ3n) is 3.54. The van der Waals surface area contributed by atoms with Gasteiger partial charge in [-0.25, -0.2) is 0 Å². The molecule has 2 rings (SSSR count). The lowest BCUT2D eigenvalue weighted by Crippen LogP contribution is -2.16. The van der Waals surface area contributed by atoms with Gasteiger partial charge in [0.1, 0.15) is 0 Å². The Hall–Kier alpha value is -1.62. The van der Waals surface area contributed by atoms with Gasteiger partial charge in [-0.05, 0) is 37.1 Å². The lowest BCUT2D eigenvalue weighted by molar-refractivity contribution is -0.138. The first kappa shape index (κ1) is 15.8. The summed E-state index contributed by atoms with van der Waals surface area (Å²) < 4.78 is 2.79. The fraction of sp³-hybridized carbons (Fsp3) is 0.375. The van der Waals surface area contributed by atoms with Crippen LogP contribution in [0, 0.1) is 0 Å². The van der Waals surface area contributed by atoms with Gasteiger partial charge in [0.2, 0.25) is 0 Å². The van der Waals surface area contributed by atoms with Gasteiger partial charge < -0.3 is 5.11 Å². The highest BCUT2D eigenvalue weighted by Crippen LogP contribution is 2.24. The van der Waals surface area contributed by atoms with Crippen molar-refractivity contribution in [3.05, 3.63) is 51.8 Å². The van der Waals surface area contributed by atoms with Gasteiger partial charge in [0, 0.05) is 23.1 Å². The summed E-state index contributed by atoms with van der Waals surface area (Å²) in [7, 11) is 0. The average Bonchev–Trinajstić information content (AvgIpc) is 2.86. The Kier molecular flexibility index (Phi) is 5.17. The van der Waals surface area contributed by atoms with E-state index < -0.39 is 11.9 Å². The molecule has 1 unspecified atom stereocenters. The van der Waals surface area contributed by atoms with Crippen LogP contribution in [0.5, 0.6) is 0 Å². The van der Waals surface area contributed by atoms with Gasteiger partial charge in [0.05, 0.1) is 11.6 Å². The molecule has 1 atom stereocenters. The second-order valence-electron chi connectivity index (χ2n) is 4.95. The Labute approximate surface area is 132 Å². The molecule has 0 aliphatic heterocycles. The summed E-state index contributed by atoms with van der Waals surface area (Å²) in [5.41, 5.74) is 2.78. The molecule has 1 heterocycles. The van der Waals surface area contributed by atoms with Crippen LogP contribution in [0.15, 0.2) is 34.8 Å². The number of carbonyl (C=O) groups is 1. The first-order chi connectivity index (χ1) is 10.0. The summed E-state index contributed by atoms with van der Waals surface area (Å²) in [6.07, 6.45) is 1.31. The number of hydrogen-bond donors (Lipinski definition) is 1. The van der Waals surface area contributed by atoms with Crippen molar-refractivity contribution in [1.82, 2.24) is 9.78 Å². The second kappa shape index (κ2) is 6.89. The maximum Gasteiger partial charge on any atom is 0.311 e. The molecule has 2 aromatic rings. The lowest BCUT2D eigenvalue weighted by Gasteiger charge is -2.14. The summed E-state index contributed by atoms with van der Waals surface area (Å²) in [6, 6.07) is 9.50. The van der Waals surface area contributed by atoms with E-state index in [-0.39, 0.29) is 0 Å². The maximum absolute atomic E-state index is 11.6. The predicted octanol–water partition coefficient (Wildman–Crippen LogP) is 3.64. The van der Waals surface area contributed by atoms with E-state index in [0.717, 1.165) is 34.4 Å². The van der Waals surface area contributed by atoms with E-state index in [1.807, 2.05) is 41.9 Å². The van der Waals surface area contributed by atoms with Crippen molar-refractivity contribution < 1.29 is 9.90 Å². The minimum absolute atomic E-state index is 0.451. The molecule has 1 aromatic heterocycles. The standard InChI is InChI=1S/C16H19BrN2O2/c1-3-13-9-14(19(4-2)18-13)10-15(16(20)21)11-6-5-7-12(17)8-11/h5-9,15H,3-4,10H2,1-2H3,(H,20,21). The molecule has 112 valence electrons. The van der Waals surface area contributed by atoms with Gasteiger partial charge in [-0.3, -0.25) is 9.48 Å². The number of aryl methyl sites for hydroxylation is 2. The van der Waals surface area contributed by atoms with Crippen molar-refractivity contribution in [3.63, 3.8) is 0 Å². The van der Waals surface area contributed by atoms with Crippen LogP contribution in [-0.2, 0) is 24.2 Å². The van der Waals surface area contributed by atoms with Crippen LogP contribution in [0.4, 0.5) is 0 Å². The fourth-order valence-electron chi connectivity index (χ4n) is 2.41. The van der Waals surface area contributed by atoms with Gasteiger partial charge in [0.15, 0.2) is 0 Å². The molecule has 0 radical (unpaired) electrons. The number of benzene rings is 1. The molecule has 0 aliphatic rings. The highest BCUT2D eigenvalue weighted by molar-refractivity contribution is 9.10. The van der Waals surface area contributed by atoms with E-state index in [1.54, 1.807) is 0 Å². The number of hydrogen-bond acceptors (Lipinski definition) is 2. The average molecular weight is 351 g/mol. The monoisotopic (exact) mass is 350 g/mol. The van der Waals surface area contributed by atoms with E-state index in [9.17, 15) is 9.90 Å². The van der Waals surface area contributed by atoms with Crippen LogP contribution in [-0.4, -0.2) is 20.9 Å². The van der Waals surface area contributed by atoms with Gasteiger partial charge in [-0.2, -0.15) is 5.10 Å². The molecule has 1 N–H and O–H groups in total. The number of halogens is 1. The van der Waals surface area contributed by atoms with Crippen LogP contribution in [0.3, 0.4) is 0 Å². The Bertz CT molecular complexity index is 637. The van der Waals surface area contributed by atoms with E-state index in [4.69, 9.17) is 0 Å². The van der Waals surface area contributed by atoms with Crippen LogP contribution < -0.4 is 0 Å². The minimum atomic E-state index is -0.810. The number of aliphatic carboxylic acids is 1. The molecular formula is C16H19BrN2O2. The van der Waals surface area contributed by atoms with Crippen molar-refractivity contribution in [2.75, 3.05) is 0 Å². The largest absolute Gasteiger partial charge is 0.481 e. The third-order valence-corrected chi connectivity index (χ3v) is 4.03. The van der Waals surface area contributed by atoms with Crippen LogP contribution in [0.1, 0.15) is 36.7 Å². The van der Waals surface area contributed by atoms with Crippen molar-refractivity contribution in [2.45, 2.75) is 39.2 Å². The van der Waals surface area contributed by atoms with E-state index in [2.05, 4.69) is 28.0 Å². The van der Waals surface area contributed by atoms with Gasteiger partial charge in [-0.15, -0.1) is 0 Å². The highest BCUT2D eigenvalue weighted by Gasteiger charge is 2.22. The minimum Gasteiger partial charge on any atom is -0.481 e.